The maximum atomic E-state index is 13.0. The fourth-order valence-corrected chi connectivity index (χ4v) is 3.47. The third kappa shape index (κ3) is 5.63. The Morgan fingerprint density at radius 2 is 1.68 bits per heavy atom. The number of rotatable bonds is 5. The summed E-state index contributed by atoms with van der Waals surface area (Å²) >= 11 is 0. The van der Waals surface area contributed by atoms with E-state index in [2.05, 4.69) is 5.32 Å². The first kappa shape index (κ1) is 22.3. The Kier molecular flexibility index (Phi) is 6.63. The van der Waals surface area contributed by atoms with Crippen LogP contribution in [0, 0.1) is 5.41 Å². The van der Waals surface area contributed by atoms with Gasteiger partial charge in [0.1, 0.15) is 12.6 Å². The topological polar surface area (TPSA) is 84.9 Å². The molecule has 164 valence electrons. The lowest BCUT2D eigenvalue weighted by atomic mass is 9.93. The number of esters is 1. The van der Waals surface area contributed by atoms with E-state index < -0.39 is 29.7 Å². The molecule has 7 nitrogen and oxygen atoms in total. The van der Waals surface area contributed by atoms with Crippen LogP contribution in [0.2, 0.25) is 0 Å². The van der Waals surface area contributed by atoms with Crippen LogP contribution in [0.3, 0.4) is 0 Å². The zero-order chi connectivity index (χ0) is 22.6. The highest BCUT2D eigenvalue weighted by atomic mass is 16.6. The summed E-state index contributed by atoms with van der Waals surface area (Å²) in [6.45, 7) is 7.28. The Labute approximate surface area is 182 Å². The Hall–Kier alpha value is -3.35. The Morgan fingerprint density at radius 3 is 2.26 bits per heavy atom. The van der Waals surface area contributed by atoms with Crippen molar-refractivity contribution >= 4 is 23.7 Å². The molecule has 0 unspecified atom stereocenters. The molecule has 1 fully saturated rings. The molecule has 2 amide bonds. The monoisotopic (exact) mass is 424 g/mol. The molecule has 31 heavy (non-hydrogen) atoms. The summed E-state index contributed by atoms with van der Waals surface area (Å²) in [6, 6.07) is 15.7. The minimum absolute atomic E-state index is 0.110. The van der Waals surface area contributed by atoms with Gasteiger partial charge in [0.05, 0.1) is 0 Å². The molecule has 2 aromatic carbocycles. The molecule has 0 bridgehead atoms. The van der Waals surface area contributed by atoms with Crippen molar-refractivity contribution in [2.45, 2.75) is 53.0 Å². The van der Waals surface area contributed by atoms with Gasteiger partial charge >= 0.3 is 12.1 Å². The molecule has 1 heterocycles. The van der Waals surface area contributed by atoms with Gasteiger partial charge in [-0.2, -0.15) is 0 Å². The van der Waals surface area contributed by atoms with Crippen molar-refractivity contribution in [3.8, 4) is 0 Å². The average Bonchev–Trinajstić information content (AvgIpc) is 3.05. The van der Waals surface area contributed by atoms with Crippen LogP contribution in [0.25, 0.3) is 0 Å². The maximum Gasteiger partial charge on any atom is 0.413 e. The van der Waals surface area contributed by atoms with Crippen molar-refractivity contribution in [1.82, 2.24) is 4.90 Å². The molecule has 3 rings (SSSR count). The van der Waals surface area contributed by atoms with E-state index >= 15 is 0 Å². The summed E-state index contributed by atoms with van der Waals surface area (Å²) in [5, 5.41) is 2.71. The number of amides is 2. The number of ether oxygens (including phenoxy) is 2. The van der Waals surface area contributed by atoms with Crippen molar-refractivity contribution in [3.63, 3.8) is 0 Å². The highest BCUT2D eigenvalue weighted by Gasteiger charge is 2.50. The summed E-state index contributed by atoms with van der Waals surface area (Å²) in [7, 11) is 0. The standard InChI is InChI=1S/C24H28N2O5/c1-16(27)25-19-12-10-17(11-13-19)14-20-21(28)31-22(24(2,3)4)26(20)23(29)30-15-18-8-6-5-7-9-18/h5-13,20,22H,14-15H2,1-4H3,(H,25,27)/t20-,22-/m0/s1. The van der Waals surface area contributed by atoms with E-state index in [1.807, 2.05) is 63.2 Å². The molecule has 1 aliphatic rings. The number of carbonyl (C=O) groups is 3. The van der Waals surface area contributed by atoms with Gasteiger partial charge in [0.2, 0.25) is 5.91 Å². The molecule has 2 aromatic rings. The van der Waals surface area contributed by atoms with Gasteiger partial charge in [0.15, 0.2) is 6.23 Å². The van der Waals surface area contributed by atoms with E-state index in [-0.39, 0.29) is 18.9 Å². The van der Waals surface area contributed by atoms with Gasteiger partial charge < -0.3 is 14.8 Å². The number of cyclic esters (lactones) is 1. The largest absolute Gasteiger partial charge is 0.444 e. The predicted molar refractivity (Wildman–Crippen MR) is 116 cm³/mol. The van der Waals surface area contributed by atoms with Gasteiger partial charge in [-0.25, -0.2) is 9.59 Å². The number of carbonyl (C=O) groups excluding carboxylic acids is 3. The molecule has 0 saturated carbocycles. The van der Waals surface area contributed by atoms with E-state index in [4.69, 9.17) is 9.47 Å². The number of benzene rings is 2. The average molecular weight is 424 g/mol. The first-order valence-corrected chi connectivity index (χ1v) is 10.2. The van der Waals surface area contributed by atoms with Gasteiger partial charge in [0, 0.05) is 24.4 Å². The predicted octanol–water partition coefficient (Wildman–Crippen LogP) is 4.12. The minimum atomic E-state index is -0.792. The smallest absolute Gasteiger partial charge is 0.413 e. The van der Waals surface area contributed by atoms with Gasteiger partial charge in [-0.3, -0.25) is 9.69 Å². The van der Waals surface area contributed by atoms with E-state index in [0.29, 0.717) is 5.69 Å². The first-order valence-electron chi connectivity index (χ1n) is 10.2. The molecule has 1 saturated heterocycles. The molecule has 0 spiro atoms. The van der Waals surface area contributed by atoms with Crippen molar-refractivity contribution < 1.29 is 23.9 Å². The Balaban J connectivity index is 1.78. The van der Waals surface area contributed by atoms with Gasteiger partial charge in [-0.05, 0) is 23.3 Å². The Morgan fingerprint density at radius 1 is 1.03 bits per heavy atom. The lowest BCUT2D eigenvalue weighted by Gasteiger charge is -2.33. The van der Waals surface area contributed by atoms with Crippen molar-refractivity contribution in [2.75, 3.05) is 5.32 Å². The molecular weight excluding hydrogens is 396 g/mol. The van der Waals surface area contributed by atoms with Gasteiger partial charge in [0.25, 0.3) is 0 Å². The van der Waals surface area contributed by atoms with Crippen molar-refractivity contribution in [3.05, 3.63) is 65.7 Å². The number of hydrogen-bond donors (Lipinski definition) is 1. The van der Waals surface area contributed by atoms with Crippen molar-refractivity contribution in [1.29, 1.82) is 0 Å². The van der Waals surface area contributed by atoms with Crippen LogP contribution in [0.4, 0.5) is 10.5 Å². The molecule has 0 radical (unpaired) electrons. The minimum Gasteiger partial charge on any atom is -0.444 e. The van der Waals surface area contributed by atoms with E-state index in [9.17, 15) is 14.4 Å². The quantitative estimate of drug-likeness (QED) is 0.730. The maximum absolute atomic E-state index is 13.0. The number of nitrogens with zero attached hydrogens (tertiary/aromatic N) is 1. The van der Waals surface area contributed by atoms with E-state index in [1.165, 1.54) is 11.8 Å². The zero-order valence-electron chi connectivity index (χ0n) is 18.3. The van der Waals surface area contributed by atoms with Crippen molar-refractivity contribution in [2.24, 2.45) is 5.41 Å². The molecule has 1 aliphatic heterocycles. The second-order valence-corrected chi connectivity index (χ2v) is 8.70. The fourth-order valence-electron chi connectivity index (χ4n) is 3.47. The summed E-state index contributed by atoms with van der Waals surface area (Å²) in [6.07, 6.45) is -1.03. The summed E-state index contributed by atoms with van der Waals surface area (Å²) in [4.78, 5) is 38.3. The highest BCUT2D eigenvalue weighted by Crippen LogP contribution is 2.34. The number of hydrogen-bond acceptors (Lipinski definition) is 5. The lowest BCUT2D eigenvalue weighted by Crippen LogP contribution is -2.48. The van der Waals surface area contributed by atoms with E-state index in [0.717, 1.165) is 11.1 Å². The number of anilines is 1. The molecular formula is C24H28N2O5. The van der Waals surface area contributed by atoms with Crippen LogP contribution in [-0.2, 0) is 32.1 Å². The van der Waals surface area contributed by atoms with Crippen LogP contribution in [0.5, 0.6) is 0 Å². The van der Waals surface area contributed by atoms with Gasteiger partial charge in [-0.1, -0.05) is 63.2 Å². The second kappa shape index (κ2) is 9.20. The summed E-state index contributed by atoms with van der Waals surface area (Å²) in [5.74, 6) is -0.616. The van der Waals surface area contributed by atoms with E-state index in [1.54, 1.807) is 12.1 Å². The molecule has 2 atom stereocenters. The fraction of sp³-hybridized carbons (Fsp3) is 0.375. The first-order chi connectivity index (χ1) is 14.6. The normalized spacial score (nSPS) is 18.5. The Bertz CT molecular complexity index is 935. The number of nitrogens with one attached hydrogen (secondary N) is 1. The van der Waals surface area contributed by atoms with Crippen LogP contribution in [0.15, 0.2) is 54.6 Å². The second-order valence-electron chi connectivity index (χ2n) is 8.70. The molecule has 7 heteroatoms. The molecule has 0 aromatic heterocycles. The zero-order valence-corrected chi connectivity index (χ0v) is 18.3. The lowest BCUT2D eigenvalue weighted by molar-refractivity contribution is -0.147. The summed E-state index contributed by atoms with van der Waals surface area (Å²) < 4.78 is 11.1. The summed E-state index contributed by atoms with van der Waals surface area (Å²) in [5.41, 5.74) is 1.88. The van der Waals surface area contributed by atoms with Crippen LogP contribution in [0.1, 0.15) is 38.8 Å². The van der Waals surface area contributed by atoms with Gasteiger partial charge in [-0.15, -0.1) is 0 Å². The van der Waals surface area contributed by atoms with Crippen LogP contribution in [-0.4, -0.2) is 35.1 Å². The molecule has 1 N–H and O–H groups in total. The highest BCUT2D eigenvalue weighted by molar-refractivity contribution is 5.88. The third-order valence-electron chi connectivity index (χ3n) is 4.95. The third-order valence-corrected chi connectivity index (χ3v) is 4.95. The van der Waals surface area contributed by atoms with Crippen LogP contribution >= 0.6 is 0 Å². The molecule has 0 aliphatic carbocycles. The van der Waals surface area contributed by atoms with Crippen LogP contribution < -0.4 is 5.32 Å². The SMILES string of the molecule is CC(=O)Nc1ccc(C[C@H]2C(=O)O[C@@H](C(C)(C)C)N2C(=O)OCc2ccccc2)cc1.